The SMILES string of the molecule is Cc1ncc2c(c1CNC(=O)c1ccccc1C(F)(F)F)CCNC2. The number of aryl methyl sites for hydroxylation is 1. The first-order chi connectivity index (χ1) is 11.9. The van der Waals surface area contributed by atoms with Gasteiger partial charge in [-0.05, 0) is 48.7 Å². The Balaban J connectivity index is 1.83. The van der Waals surface area contributed by atoms with Crippen molar-refractivity contribution in [2.45, 2.75) is 32.6 Å². The van der Waals surface area contributed by atoms with Crippen molar-refractivity contribution in [3.63, 3.8) is 0 Å². The van der Waals surface area contributed by atoms with E-state index in [9.17, 15) is 18.0 Å². The van der Waals surface area contributed by atoms with E-state index in [-0.39, 0.29) is 12.1 Å². The fourth-order valence-corrected chi connectivity index (χ4v) is 3.07. The topological polar surface area (TPSA) is 54.0 Å². The lowest BCUT2D eigenvalue weighted by molar-refractivity contribution is -0.137. The Bertz CT molecular complexity index is 803. The molecule has 0 aliphatic carbocycles. The number of hydrogen-bond acceptors (Lipinski definition) is 3. The highest BCUT2D eigenvalue weighted by molar-refractivity contribution is 5.95. The van der Waals surface area contributed by atoms with E-state index in [0.29, 0.717) is 6.54 Å². The number of nitrogens with one attached hydrogen (secondary N) is 2. The quantitative estimate of drug-likeness (QED) is 0.896. The van der Waals surface area contributed by atoms with Gasteiger partial charge in [-0.15, -0.1) is 0 Å². The molecule has 0 radical (unpaired) electrons. The smallest absolute Gasteiger partial charge is 0.348 e. The van der Waals surface area contributed by atoms with Crippen LogP contribution in [0.5, 0.6) is 0 Å². The lowest BCUT2D eigenvalue weighted by atomic mass is 9.96. The van der Waals surface area contributed by atoms with Gasteiger partial charge in [0, 0.05) is 25.0 Å². The van der Waals surface area contributed by atoms with E-state index in [1.54, 1.807) is 6.20 Å². The normalized spacial score (nSPS) is 14.1. The van der Waals surface area contributed by atoms with Gasteiger partial charge >= 0.3 is 6.18 Å². The number of carbonyl (C=O) groups is 1. The third-order valence-electron chi connectivity index (χ3n) is 4.37. The van der Waals surface area contributed by atoms with Crippen LogP contribution in [0, 0.1) is 6.92 Å². The third-order valence-corrected chi connectivity index (χ3v) is 4.37. The first kappa shape index (κ1) is 17.4. The van der Waals surface area contributed by atoms with E-state index in [1.807, 2.05) is 6.92 Å². The van der Waals surface area contributed by atoms with Crippen molar-refractivity contribution in [1.82, 2.24) is 15.6 Å². The molecule has 0 atom stereocenters. The number of pyridine rings is 1. The van der Waals surface area contributed by atoms with Crippen LogP contribution in [0.15, 0.2) is 30.5 Å². The molecule has 1 aliphatic rings. The molecule has 0 saturated heterocycles. The molecule has 4 nitrogen and oxygen atoms in total. The summed E-state index contributed by atoms with van der Waals surface area (Å²) in [5.41, 5.74) is 2.56. The van der Waals surface area contributed by atoms with E-state index in [2.05, 4.69) is 15.6 Å². The van der Waals surface area contributed by atoms with Crippen LogP contribution in [0.25, 0.3) is 0 Å². The van der Waals surface area contributed by atoms with Crippen molar-refractivity contribution >= 4 is 5.91 Å². The monoisotopic (exact) mass is 349 g/mol. The van der Waals surface area contributed by atoms with E-state index in [4.69, 9.17) is 0 Å². The lowest BCUT2D eigenvalue weighted by Crippen LogP contribution is -2.29. The van der Waals surface area contributed by atoms with Gasteiger partial charge in [-0.3, -0.25) is 9.78 Å². The summed E-state index contributed by atoms with van der Waals surface area (Å²) in [6.07, 6.45) is -1.95. The van der Waals surface area contributed by atoms with Crippen molar-refractivity contribution in [2.75, 3.05) is 6.54 Å². The Hall–Kier alpha value is -2.41. The number of halogens is 3. The molecule has 3 rings (SSSR count). The summed E-state index contributed by atoms with van der Waals surface area (Å²) in [7, 11) is 0. The van der Waals surface area contributed by atoms with Gasteiger partial charge in [0.25, 0.3) is 5.91 Å². The average molecular weight is 349 g/mol. The maximum Gasteiger partial charge on any atom is 0.417 e. The molecule has 1 aromatic carbocycles. The molecule has 2 heterocycles. The molecule has 0 saturated carbocycles. The largest absolute Gasteiger partial charge is 0.417 e. The molecule has 2 N–H and O–H groups in total. The molecule has 0 fully saturated rings. The number of alkyl halides is 3. The first-order valence-corrected chi connectivity index (χ1v) is 7.99. The molecule has 25 heavy (non-hydrogen) atoms. The van der Waals surface area contributed by atoms with Gasteiger partial charge in [0.15, 0.2) is 0 Å². The zero-order valence-electron chi connectivity index (χ0n) is 13.7. The molecular formula is C18H18F3N3O. The fraction of sp³-hybridized carbons (Fsp3) is 0.333. The number of aromatic nitrogens is 1. The van der Waals surface area contributed by atoms with Crippen molar-refractivity contribution in [1.29, 1.82) is 0 Å². The van der Waals surface area contributed by atoms with Crippen LogP contribution >= 0.6 is 0 Å². The summed E-state index contributed by atoms with van der Waals surface area (Å²) in [6.45, 7) is 3.54. The molecule has 1 amide bonds. The van der Waals surface area contributed by atoms with Gasteiger partial charge < -0.3 is 10.6 Å². The van der Waals surface area contributed by atoms with Gasteiger partial charge in [-0.25, -0.2) is 0 Å². The molecule has 1 aliphatic heterocycles. The Morgan fingerprint density at radius 1 is 1.32 bits per heavy atom. The van der Waals surface area contributed by atoms with E-state index in [0.717, 1.165) is 41.4 Å². The molecule has 132 valence electrons. The standard InChI is InChI=1S/C18H18F3N3O/c1-11-15(13-6-7-22-8-12(13)9-23-11)10-24-17(25)14-4-2-3-5-16(14)18(19,20)21/h2-5,9,22H,6-8,10H2,1H3,(H,24,25). The Morgan fingerprint density at radius 3 is 2.84 bits per heavy atom. The van der Waals surface area contributed by atoms with E-state index in [1.165, 1.54) is 18.2 Å². The van der Waals surface area contributed by atoms with E-state index >= 15 is 0 Å². The van der Waals surface area contributed by atoms with Gasteiger partial charge in [0.2, 0.25) is 0 Å². The number of carbonyl (C=O) groups excluding carboxylic acids is 1. The summed E-state index contributed by atoms with van der Waals surface area (Å²) in [6, 6.07) is 4.80. The highest BCUT2D eigenvalue weighted by atomic mass is 19.4. The Kier molecular flexibility index (Phi) is 4.76. The number of fused-ring (bicyclic) bond motifs is 1. The molecule has 1 aromatic heterocycles. The second kappa shape index (κ2) is 6.84. The zero-order chi connectivity index (χ0) is 18.0. The summed E-state index contributed by atoms with van der Waals surface area (Å²) in [4.78, 5) is 16.6. The number of nitrogens with zero attached hydrogens (tertiary/aromatic N) is 1. The van der Waals surface area contributed by atoms with Crippen molar-refractivity contribution in [2.24, 2.45) is 0 Å². The molecular weight excluding hydrogens is 331 g/mol. The summed E-state index contributed by atoms with van der Waals surface area (Å²) >= 11 is 0. The first-order valence-electron chi connectivity index (χ1n) is 7.99. The van der Waals surface area contributed by atoms with Gasteiger partial charge in [0.05, 0.1) is 11.1 Å². The van der Waals surface area contributed by atoms with Crippen LogP contribution in [-0.2, 0) is 25.7 Å². The minimum absolute atomic E-state index is 0.160. The molecule has 7 heteroatoms. The highest BCUT2D eigenvalue weighted by Gasteiger charge is 2.34. The summed E-state index contributed by atoms with van der Waals surface area (Å²) in [5.74, 6) is -0.737. The molecule has 2 aromatic rings. The van der Waals surface area contributed by atoms with Crippen LogP contribution in [0.3, 0.4) is 0 Å². The van der Waals surface area contributed by atoms with Crippen LogP contribution in [0.2, 0.25) is 0 Å². The Labute approximate surface area is 143 Å². The van der Waals surface area contributed by atoms with Crippen molar-refractivity contribution in [3.05, 3.63) is 64.0 Å². The summed E-state index contributed by atoms with van der Waals surface area (Å²) in [5, 5.41) is 5.87. The highest BCUT2D eigenvalue weighted by Crippen LogP contribution is 2.31. The van der Waals surface area contributed by atoms with Crippen LogP contribution in [-0.4, -0.2) is 17.4 Å². The third kappa shape index (κ3) is 3.66. The number of hydrogen-bond donors (Lipinski definition) is 2. The minimum Gasteiger partial charge on any atom is -0.348 e. The van der Waals surface area contributed by atoms with Gasteiger partial charge in [-0.2, -0.15) is 13.2 Å². The second-order valence-corrected chi connectivity index (χ2v) is 5.98. The lowest BCUT2D eigenvalue weighted by Gasteiger charge is -2.22. The van der Waals surface area contributed by atoms with Crippen LogP contribution < -0.4 is 10.6 Å². The van der Waals surface area contributed by atoms with E-state index < -0.39 is 17.6 Å². The molecule has 0 unspecified atom stereocenters. The Morgan fingerprint density at radius 2 is 2.08 bits per heavy atom. The average Bonchev–Trinajstić information content (AvgIpc) is 2.60. The number of amides is 1. The maximum absolute atomic E-state index is 13.1. The van der Waals surface area contributed by atoms with Gasteiger partial charge in [-0.1, -0.05) is 12.1 Å². The summed E-state index contributed by atoms with van der Waals surface area (Å²) < 4.78 is 39.2. The van der Waals surface area contributed by atoms with Crippen molar-refractivity contribution < 1.29 is 18.0 Å². The predicted molar refractivity (Wildman–Crippen MR) is 87.0 cm³/mol. The zero-order valence-corrected chi connectivity index (χ0v) is 13.7. The fourth-order valence-electron chi connectivity index (χ4n) is 3.07. The second-order valence-electron chi connectivity index (χ2n) is 5.98. The number of benzene rings is 1. The van der Waals surface area contributed by atoms with Crippen LogP contribution in [0.1, 0.15) is 38.3 Å². The molecule has 0 spiro atoms. The predicted octanol–water partition coefficient (Wildman–Crippen LogP) is 2.98. The minimum atomic E-state index is -4.57. The van der Waals surface area contributed by atoms with Crippen LogP contribution in [0.4, 0.5) is 13.2 Å². The number of rotatable bonds is 3. The van der Waals surface area contributed by atoms with Crippen molar-refractivity contribution in [3.8, 4) is 0 Å². The van der Waals surface area contributed by atoms with Gasteiger partial charge in [0.1, 0.15) is 0 Å². The maximum atomic E-state index is 13.1. The molecule has 0 bridgehead atoms.